The van der Waals surface area contributed by atoms with Gasteiger partial charge in [0.05, 0.1) is 15.6 Å². The lowest BCUT2D eigenvalue weighted by molar-refractivity contribution is 0.687. The third kappa shape index (κ3) is 3.51. The summed E-state index contributed by atoms with van der Waals surface area (Å²) in [4.78, 5) is 5.76. The van der Waals surface area contributed by atoms with Gasteiger partial charge in [0.25, 0.3) is 0 Å². The van der Waals surface area contributed by atoms with Crippen molar-refractivity contribution in [2.24, 2.45) is 5.92 Å². The van der Waals surface area contributed by atoms with Crippen molar-refractivity contribution in [3.63, 3.8) is 0 Å². The molecule has 0 aliphatic rings. The van der Waals surface area contributed by atoms with Gasteiger partial charge in [-0.15, -0.1) is 21.5 Å². The van der Waals surface area contributed by atoms with Crippen LogP contribution in [0.2, 0.25) is 0 Å². The quantitative estimate of drug-likeness (QED) is 0.900. The first-order valence-corrected chi connectivity index (χ1v) is 8.15. The third-order valence-electron chi connectivity index (χ3n) is 2.59. The number of aryl methyl sites for hydroxylation is 1. The molecule has 0 saturated carbocycles. The molecule has 19 heavy (non-hydrogen) atoms. The number of nitrogens with one attached hydrogen (secondary N) is 1. The Hall–Kier alpha value is -1.01. The maximum Gasteiger partial charge on any atom is 0.206 e. The average molecular weight is 296 g/mol. The smallest absolute Gasteiger partial charge is 0.206 e. The molecule has 2 rings (SSSR count). The van der Waals surface area contributed by atoms with Crippen LogP contribution < -0.4 is 5.32 Å². The minimum absolute atomic E-state index is 0.462. The molecule has 0 aliphatic heterocycles. The highest BCUT2D eigenvalue weighted by Crippen LogP contribution is 2.35. The molecule has 0 fully saturated rings. The van der Waals surface area contributed by atoms with Gasteiger partial charge in [0.15, 0.2) is 5.01 Å². The van der Waals surface area contributed by atoms with E-state index in [2.05, 4.69) is 48.2 Å². The second kappa shape index (κ2) is 5.96. The third-order valence-corrected chi connectivity index (χ3v) is 5.08. The van der Waals surface area contributed by atoms with E-state index in [1.54, 1.807) is 22.7 Å². The zero-order chi connectivity index (χ0) is 14.0. The molecular weight excluding hydrogens is 276 g/mol. The molecule has 2 aromatic heterocycles. The summed E-state index contributed by atoms with van der Waals surface area (Å²) < 4.78 is 0. The van der Waals surface area contributed by atoms with Crippen LogP contribution in [0.5, 0.6) is 0 Å². The molecular formula is C13H20N4S2. The Morgan fingerprint density at radius 1 is 1.11 bits per heavy atom. The lowest BCUT2D eigenvalue weighted by atomic mass is 10.2. The Labute approximate surface area is 122 Å². The van der Waals surface area contributed by atoms with E-state index in [-0.39, 0.29) is 0 Å². The van der Waals surface area contributed by atoms with Gasteiger partial charge in [-0.25, -0.2) is 4.98 Å². The van der Waals surface area contributed by atoms with E-state index < -0.39 is 0 Å². The van der Waals surface area contributed by atoms with Crippen LogP contribution in [0, 0.1) is 12.8 Å². The molecule has 0 atom stereocenters. The van der Waals surface area contributed by atoms with Gasteiger partial charge in [-0.1, -0.05) is 39.0 Å². The topological polar surface area (TPSA) is 50.7 Å². The summed E-state index contributed by atoms with van der Waals surface area (Å²) in [6, 6.07) is 0. The Balaban J connectivity index is 2.18. The Morgan fingerprint density at radius 2 is 1.84 bits per heavy atom. The molecule has 0 radical (unpaired) electrons. The van der Waals surface area contributed by atoms with Crippen LogP contribution in [-0.2, 0) is 0 Å². The van der Waals surface area contributed by atoms with E-state index in [9.17, 15) is 0 Å². The first-order valence-electron chi connectivity index (χ1n) is 6.52. The number of nitrogens with zero attached hydrogens (tertiary/aromatic N) is 3. The van der Waals surface area contributed by atoms with Crippen molar-refractivity contribution in [3.05, 3.63) is 10.7 Å². The summed E-state index contributed by atoms with van der Waals surface area (Å²) in [5, 5.41) is 14.8. The molecule has 0 aromatic carbocycles. The fourth-order valence-corrected chi connectivity index (χ4v) is 3.48. The van der Waals surface area contributed by atoms with E-state index in [4.69, 9.17) is 0 Å². The van der Waals surface area contributed by atoms with Crippen molar-refractivity contribution in [3.8, 4) is 9.88 Å². The monoisotopic (exact) mass is 296 g/mol. The summed E-state index contributed by atoms with van der Waals surface area (Å²) >= 11 is 3.33. The van der Waals surface area contributed by atoms with E-state index in [0.29, 0.717) is 11.8 Å². The molecule has 104 valence electrons. The summed E-state index contributed by atoms with van der Waals surface area (Å²) in [5.74, 6) is 1.06. The van der Waals surface area contributed by atoms with Gasteiger partial charge < -0.3 is 5.32 Å². The molecule has 0 saturated heterocycles. The maximum absolute atomic E-state index is 4.61. The van der Waals surface area contributed by atoms with Crippen molar-refractivity contribution in [2.75, 3.05) is 11.9 Å². The second-order valence-electron chi connectivity index (χ2n) is 5.31. The highest BCUT2D eigenvalue weighted by molar-refractivity contribution is 7.23. The van der Waals surface area contributed by atoms with Gasteiger partial charge >= 0.3 is 0 Å². The van der Waals surface area contributed by atoms with Crippen LogP contribution in [0.1, 0.15) is 44.3 Å². The lowest BCUT2D eigenvalue weighted by Crippen LogP contribution is -2.07. The first kappa shape index (κ1) is 14.4. The standard InChI is InChI=1S/C13H20N4S2/c1-7(2)6-14-13-17-16-12(19-13)10-9(5)15-11(18-10)8(3)4/h7-8H,6H2,1-5H3,(H,14,17). The number of hydrogen-bond donors (Lipinski definition) is 1. The SMILES string of the molecule is Cc1nc(C(C)C)sc1-c1nnc(NCC(C)C)s1. The van der Waals surface area contributed by atoms with E-state index in [1.807, 2.05) is 6.92 Å². The average Bonchev–Trinajstić information content (AvgIpc) is 2.92. The maximum atomic E-state index is 4.61. The second-order valence-corrected chi connectivity index (χ2v) is 7.32. The molecule has 0 aliphatic carbocycles. The summed E-state index contributed by atoms with van der Waals surface area (Å²) in [7, 11) is 0. The Kier molecular flexibility index (Phi) is 4.52. The molecule has 0 bridgehead atoms. The predicted octanol–water partition coefficient (Wildman–Crippen LogP) is 4.16. The van der Waals surface area contributed by atoms with Gasteiger partial charge in [0.2, 0.25) is 5.13 Å². The van der Waals surface area contributed by atoms with E-state index >= 15 is 0 Å². The fourth-order valence-electron chi connectivity index (χ4n) is 1.54. The Morgan fingerprint density at radius 3 is 2.42 bits per heavy atom. The van der Waals surface area contributed by atoms with Gasteiger partial charge in [0.1, 0.15) is 0 Å². The molecule has 6 heteroatoms. The van der Waals surface area contributed by atoms with Gasteiger partial charge in [0, 0.05) is 12.5 Å². The minimum atomic E-state index is 0.462. The van der Waals surface area contributed by atoms with Crippen LogP contribution >= 0.6 is 22.7 Å². The largest absolute Gasteiger partial charge is 0.360 e. The highest BCUT2D eigenvalue weighted by atomic mass is 32.1. The molecule has 2 heterocycles. The van der Waals surface area contributed by atoms with Crippen molar-refractivity contribution < 1.29 is 0 Å². The van der Waals surface area contributed by atoms with Gasteiger partial charge in [-0.3, -0.25) is 0 Å². The number of thiazole rings is 1. The summed E-state index contributed by atoms with van der Waals surface area (Å²) in [5.41, 5.74) is 1.06. The number of anilines is 1. The van der Waals surface area contributed by atoms with E-state index in [1.165, 1.54) is 5.01 Å². The molecule has 4 nitrogen and oxygen atoms in total. The van der Waals surface area contributed by atoms with E-state index in [0.717, 1.165) is 27.3 Å². The Bertz CT molecular complexity index is 543. The lowest BCUT2D eigenvalue weighted by Gasteiger charge is -2.03. The number of aromatic nitrogens is 3. The van der Waals surface area contributed by atoms with Gasteiger partial charge in [-0.05, 0) is 12.8 Å². The van der Waals surface area contributed by atoms with Crippen molar-refractivity contribution in [1.82, 2.24) is 15.2 Å². The van der Waals surface area contributed by atoms with Crippen molar-refractivity contribution in [2.45, 2.75) is 40.5 Å². The van der Waals surface area contributed by atoms with Crippen LogP contribution in [0.25, 0.3) is 9.88 Å². The molecule has 0 amide bonds. The normalized spacial score (nSPS) is 11.5. The van der Waals surface area contributed by atoms with Gasteiger partial charge in [-0.2, -0.15) is 0 Å². The summed E-state index contributed by atoms with van der Waals surface area (Å²) in [6.45, 7) is 11.7. The van der Waals surface area contributed by atoms with Crippen LogP contribution in [0.4, 0.5) is 5.13 Å². The van der Waals surface area contributed by atoms with Crippen molar-refractivity contribution >= 4 is 27.8 Å². The minimum Gasteiger partial charge on any atom is -0.360 e. The van der Waals surface area contributed by atoms with Crippen molar-refractivity contribution in [1.29, 1.82) is 0 Å². The van der Waals surface area contributed by atoms with Crippen LogP contribution in [0.15, 0.2) is 0 Å². The fraction of sp³-hybridized carbons (Fsp3) is 0.615. The number of hydrogen-bond acceptors (Lipinski definition) is 6. The van der Waals surface area contributed by atoms with Crippen LogP contribution in [-0.4, -0.2) is 21.7 Å². The number of rotatable bonds is 5. The zero-order valence-electron chi connectivity index (χ0n) is 12.0. The molecule has 1 N–H and O–H groups in total. The predicted molar refractivity (Wildman–Crippen MR) is 83.2 cm³/mol. The zero-order valence-corrected chi connectivity index (χ0v) is 13.7. The first-order chi connectivity index (χ1) is 8.97. The van der Waals surface area contributed by atoms with Crippen LogP contribution in [0.3, 0.4) is 0 Å². The molecule has 0 unspecified atom stereocenters. The summed E-state index contributed by atoms with van der Waals surface area (Å²) in [6.07, 6.45) is 0. The molecule has 0 spiro atoms. The molecule has 2 aromatic rings. The highest BCUT2D eigenvalue weighted by Gasteiger charge is 2.16.